The Labute approximate surface area is 121 Å². The highest BCUT2D eigenvalue weighted by Crippen LogP contribution is 2.37. The fraction of sp³-hybridized carbons (Fsp3) is 0.500. The molecule has 0 aliphatic carbocycles. The molecule has 104 valence electrons. The minimum Gasteiger partial charge on any atom is -0.481 e. The third kappa shape index (κ3) is 3.16. The van der Waals surface area contributed by atoms with Crippen LogP contribution in [0.3, 0.4) is 0 Å². The molecule has 1 atom stereocenters. The second-order valence-corrected chi connectivity index (χ2v) is 6.15. The van der Waals surface area contributed by atoms with E-state index in [1.165, 1.54) is 0 Å². The van der Waals surface area contributed by atoms with E-state index >= 15 is 0 Å². The molecule has 1 heterocycles. The van der Waals surface area contributed by atoms with Crippen LogP contribution in [0.1, 0.15) is 24.3 Å². The molecule has 2 N–H and O–H groups in total. The maximum atomic E-state index is 11.6. The number of nitrogens with zero attached hydrogens (tertiary/aromatic N) is 1. The number of aliphatic carboxylic acids is 1. The summed E-state index contributed by atoms with van der Waals surface area (Å²) in [4.78, 5) is 13.7. The van der Waals surface area contributed by atoms with Crippen molar-refractivity contribution in [1.82, 2.24) is 4.90 Å². The van der Waals surface area contributed by atoms with Gasteiger partial charge in [-0.2, -0.15) is 0 Å². The van der Waals surface area contributed by atoms with Crippen molar-refractivity contribution < 1.29 is 15.0 Å². The van der Waals surface area contributed by atoms with E-state index in [2.05, 4.69) is 20.8 Å². The fourth-order valence-electron chi connectivity index (χ4n) is 2.66. The van der Waals surface area contributed by atoms with Crippen molar-refractivity contribution in [3.8, 4) is 0 Å². The van der Waals surface area contributed by atoms with E-state index in [9.17, 15) is 15.0 Å². The summed E-state index contributed by atoms with van der Waals surface area (Å²) >= 11 is 3.35. The van der Waals surface area contributed by atoms with E-state index in [0.29, 0.717) is 31.5 Å². The first-order valence-corrected chi connectivity index (χ1v) is 7.11. The maximum absolute atomic E-state index is 11.6. The normalized spacial score (nSPS) is 21.0. The zero-order valence-electron chi connectivity index (χ0n) is 10.8. The summed E-state index contributed by atoms with van der Waals surface area (Å²) in [5, 5.41) is 20.3. The zero-order chi connectivity index (χ0) is 14.0. The molecule has 0 aromatic heterocycles. The van der Waals surface area contributed by atoms with Crippen LogP contribution in [0.4, 0.5) is 0 Å². The van der Waals surface area contributed by atoms with Gasteiger partial charge < -0.3 is 15.1 Å². The molecular weight excluding hydrogens is 310 g/mol. The Kier molecular flexibility index (Phi) is 4.28. The second-order valence-electron chi connectivity index (χ2n) is 5.23. The maximum Gasteiger partial charge on any atom is 0.313 e. The molecule has 19 heavy (non-hydrogen) atoms. The van der Waals surface area contributed by atoms with Crippen LogP contribution in [0.15, 0.2) is 28.7 Å². The summed E-state index contributed by atoms with van der Waals surface area (Å²) in [6, 6.07) is 7.18. The van der Waals surface area contributed by atoms with Crippen LogP contribution in [0.5, 0.6) is 0 Å². The van der Waals surface area contributed by atoms with Crippen molar-refractivity contribution in [1.29, 1.82) is 0 Å². The third-order valence-electron chi connectivity index (χ3n) is 3.82. The number of carboxylic acids is 1. The molecule has 1 aliphatic heterocycles. The van der Waals surface area contributed by atoms with Gasteiger partial charge in [-0.1, -0.05) is 28.1 Å². The summed E-state index contributed by atoms with van der Waals surface area (Å²) in [7, 11) is 1.98. The number of carbonyl (C=O) groups is 1. The van der Waals surface area contributed by atoms with Crippen LogP contribution in [0.25, 0.3) is 0 Å². The van der Waals surface area contributed by atoms with Gasteiger partial charge in [-0.05, 0) is 37.6 Å². The van der Waals surface area contributed by atoms with Gasteiger partial charge in [0.1, 0.15) is 5.92 Å². The summed E-state index contributed by atoms with van der Waals surface area (Å²) in [5.41, 5.74) is -0.520. The number of rotatable bonds is 3. The minimum absolute atomic E-state index is 0.479. The molecule has 4 nitrogen and oxygen atoms in total. The van der Waals surface area contributed by atoms with Gasteiger partial charge >= 0.3 is 5.97 Å². The van der Waals surface area contributed by atoms with Gasteiger partial charge in [0.15, 0.2) is 0 Å². The number of piperidine rings is 1. The van der Waals surface area contributed by atoms with Crippen LogP contribution in [-0.2, 0) is 4.79 Å². The number of hydrogen-bond donors (Lipinski definition) is 2. The fourth-order valence-corrected chi connectivity index (χ4v) is 3.08. The molecule has 1 fully saturated rings. The Morgan fingerprint density at radius 2 is 2.05 bits per heavy atom. The first-order valence-electron chi connectivity index (χ1n) is 6.31. The Morgan fingerprint density at radius 1 is 1.42 bits per heavy atom. The largest absolute Gasteiger partial charge is 0.481 e. The minimum atomic E-state index is -1.17. The monoisotopic (exact) mass is 327 g/mol. The van der Waals surface area contributed by atoms with E-state index in [-0.39, 0.29) is 0 Å². The van der Waals surface area contributed by atoms with Gasteiger partial charge in [-0.15, -0.1) is 0 Å². The van der Waals surface area contributed by atoms with Crippen LogP contribution in [0, 0.1) is 0 Å². The lowest BCUT2D eigenvalue weighted by atomic mass is 9.76. The van der Waals surface area contributed by atoms with E-state index in [0.717, 1.165) is 4.47 Å². The Bertz CT molecular complexity index is 470. The lowest BCUT2D eigenvalue weighted by Gasteiger charge is -2.40. The molecule has 0 amide bonds. The summed E-state index contributed by atoms with van der Waals surface area (Å²) in [6.07, 6.45) is 0.958. The first-order chi connectivity index (χ1) is 8.92. The molecule has 0 bridgehead atoms. The van der Waals surface area contributed by atoms with Gasteiger partial charge in [0.05, 0.1) is 5.60 Å². The summed E-state index contributed by atoms with van der Waals surface area (Å²) in [6.45, 7) is 1.43. The zero-order valence-corrected chi connectivity index (χ0v) is 12.4. The molecule has 2 rings (SSSR count). The molecule has 0 radical (unpaired) electrons. The van der Waals surface area contributed by atoms with Crippen LogP contribution in [-0.4, -0.2) is 46.8 Å². The van der Waals surface area contributed by atoms with E-state index in [1.807, 2.05) is 13.1 Å². The number of likely N-dealkylation sites (tertiary alicyclic amines) is 1. The highest BCUT2D eigenvalue weighted by Gasteiger charge is 2.44. The van der Waals surface area contributed by atoms with E-state index in [1.54, 1.807) is 18.2 Å². The Balaban J connectivity index is 2.33. The predicted octanol–water partition coefficient (Wildman–Crippen LogP) is 2.07. The van der Waals surface area contributed by atoms with Crippen molar-refractivity contribution in [2.75, 3.05) is 20.1 Å². The lowest BCUT2D eigenvalue weighted by molar-refractivity contribution is -0.148. The topological polar surface area (TPSA) is 60.8 Å². The summed E-state index contributed by atoms with van der Waals surface area (Å²) in [5.74, 6) is -1.84. The van der Waals surface area contributed by atoms with Crippen molar-refractivity contribution in [2.24, 2.45) is 0 Å². The number of hydrogen-bond acceptors (Lipinski definition) is 3. The first kappa shape index (κ1) is 14.5. The number of carboxylic acid groups (broad SMARTS) is 1. The molecule has 0 spiro atoms. The van der Waals surface area contributed by atoms with Crippen LogP contribution >= 0.6 is 15.9 Å². The van der Waals surface area contributed by atoms with Crippen molar-refractivity contribution in [3.63, 3.8) is 0 Å². The molecule has 1 aliphatic rings. The number of aliphatic hydroxyl groups is 1. The lowest BCUT2D eigenvalue weighted by Crippen LogP contribution is -2.49. The van der Waals surface area contributed by atoms with Gasteiger partial charge in [0.25, 0.3) is 0 Å². The Hall–Kier alpha value is -0.910. The molecule has 1 unspecified atom stereocenters. The van der Waals surface area contributed by atoms with Gasteiger partial charge in [0, 0.05) is 17.6 Å². The van der Waals surface area contributed by atoms with Crippen LogP contribution < -0.4 is 0 Å². The predicted molar refractivity (Wildman–Crippen MR) is 76.2 cm³/mol. The Morgan fingerprint density at radius 3 is 2.58 bits per heavy atom. The van der Waals surface area contributed by atoms with Crippen LogP contribution in [0.2, 0.25) is 0 Å². The molecule has 1 saturated heterocycles. The van der Waals surface area contributed by atoms with E-state index < -0.39 is 17.5 Å². The molecule has 1 aromatic carbocycles. The molecule has 0 saturated carbocycles. The van der Waals surface area contributed by atoms with Crippen molar-refractivity contribution in [3.05, 3.63) is 34.3 Å². The second kappa shape index (κ2) is 5.61. The standard InChI is InChI=1S/C14H18BrNO3/c1-16-7-5-14(19,6-8-16)12(13(17)18)10-3-2-4-11(15)9-10/h2-4,9,12,19H,5-8H2,1H3,(H,17,18). The number of benzene rings is 1. The van der Waals surface area contributed by atoms with Gasteiger partial charge in [-0.25, -0.2) is 0 Å². The van der Waals surface area contributed by atoms with Gasteiger partial charge in [-0.3, -0.25) is 4.79 Å². The molecular formula is C14H18BrNO3. The highest BCUT2D eigenvalue weighted by molar-refractivity contribution is 9.10. The van der Waals surface area contributed by atoms with E-state index in [4.69, 9.17) is 0 Å². The molecule has 1 aromatic rings. The smallest absolute Gasteiger partial charge is 0.313 e. The molecule has 5 heteroatoms. The third-order valence-corrected chi connectivity index (χ3v) is 4.31. The quantitative estimate of drug-likeness (QED) is 0.892. The average Bonchev–Trinajstić information content (AvgIpc) is 2.33. The summed E-state index contributed by atoms with van der Waals surface area (Å²) < 4.78 is 0.827. The van der Waals surface area contributed by atoms with Crippen molar-refractivity contribution in [2.45, 2.75) is 24.4 Å². The van der Waals surface area contributed by atoms with Crippen molar-refractivity contribution >= 4 is 21.9 Å². The highest BCUT2D eigenvalue weighted by atomic mass is 79.9. The number of halogens is 1. The SMILES string of the molecule is CN1CCC(O)(C(C(=O)O)c2cccc(Br)c2)CC1. The van der Waals surface area contributed by atoms with Gasteiger partial charge in [0.2, 0.25) is 0 Å². The average molecular weight is 328 g/mol.